The lowest BCUT2D eigenvalue weighted by Crippen LogP contribution is -2.53. The van der Waals surface area contributed by atoms with Crippen LogP contribution in [0, 0.1) is 5.82 Å². The van der Waals surface area contributed by atoms with Crippen molar-refractivity contribution in [2.75, 3.05) is 6.54 Å². The summed E-state index contributed by atoms with van der Waals surface area (Å²) in [6.45, 7) is 5.98. The van der Waals surface area contributed by atoms with Gasteiger partial charge >= 0.3 is 6.09 Å². The summed E-state index contributed by atoms with van der Waals surface area (Å²) in [5, 5.41) is 2.73. The van der Waals surface area contributed by atoms with Crippen molar-refractivity contribution in [2.24, 2.45) is 0 Å². The summed E-state index contributed by atoms with van der Waals surface area (Å²) in [5.41, 5.74) is -0.187. The molecule has 5 nitrogen and oxygen atoms in total. The van der Waals surface area contributed by atoms with Crippen molar-refractivity contribution in [3.63, 3.8) is 0 Å². The molecule has 0 saturated carbocycles. The maximum Gasteiger partial charge on any atom is 0.410 e. The Morgan fingerprint density at radius 2 is 2.00 bits per heavy atom. The Balaban J connectivity index is 2.00. The fourth-order valence-corrected chi connectivity index (χ4v) is 2.69. The summed E-state index contributed by atoms with van der Waals surface area (Å²) < 4.78 is 19.0. The summed E-state index contributed by atoms with van der Waals surface area (Å²) in [5.74, 6) is -0.630. The van der Waals surface area contributed by atoms with Crippen LogP contribution in [0.5, 0.6) is 0 Å². The van der Waals surface area contributed by atoms with E-state index in [9.17, 15) is 14.0 Å². The van der Waals surface area contributed by atoms with Crippen LogP contribution in [0.2, 0.25) is 0 Å². The molecular formula is C18H25FN2O3. The standard InChI is InChI=1S/C18H25FN2O3/c1-18(2,3)24-17(23)21-11-7-6-10-15(21)16(22)20-12-13-8-4-5-9-14(13)19/h4-5,8-9,15H,6-7,10-12H2,1-3H3,(H,20,22). The van der Waals surface area contributed by atoms with Gasteiger partial charge in [0.15, 0.2) is 0 Å². The molecule has 1 unspecified atom stereocenters. The maximum absolute atomic E-state index is 13.6. The van der Waals surface area contributed by atoms with Crippen LogP contribution in [-0.2, 0) is 16.1 Å². The molecule has 2 amide bonds. The number of likely N-dealkylation sites (tertiary alicyclic amines) is 1. The quantitative estimate of drug-likeness (QED) is 0.922. The number of hydrogen-bond acceptors (Lipinski definition) is 3. The van der Waals surface area contributed by atoms with Crippen LogP contribution in [-0.4, -0.2) is 35.1 Å². The van der Waals surface area contributed by atoms with Crippen LogP contribution in [0.4, 0.5) is 9.18 Å². The van der Waals surface area contributed by atoms with Gasteiger partial charge in [-0.15, -0.1) is 0 Å². The first-order valence-electron chi connectivity index (χ1n) is 8.28. The smallest absolute Gasteiger partial charge is 0.410 e. The Hall–Kier alpha value is -2.11. The highest BCUT2D eigenvalue weighted by atomic mass is 19.1. The number of amides is 2. The van der Waals surface area contributed by atoms with E-state index >= 15 is 0 Å². The lowest BCUT2D eigenvalue weighted by atomic mass is 10.0. The molecule has 6 heteroatoms. The summed E-state index contributed by atoms with van der Waals surface area (Å²) in [7, 11) is 0. The number of piperidine rings is 1. The lowest BCUT2D eigenvalue weighted by molar-refractivity contribution is -0.127. The lowest BCUT2D eigenvalue weighted by Gasteiger charge is -2.35. The SMILES string of the molecule is CC(C)(C)OC(=O)N1CCCCC1C(=O)NCc1ccccc1F. The van der Waals surface area contributed by atoms with Crippen molar-refractivity contribution in [3.05, 3.63) is 35.6 Å². The van der Waals surface area contributed by atoms with Crippen molar-refractivity contribution in [3.8, 4) is 0 Å². The normalized spacial score (nSPS) is 18.2. The van der Waals surface area contributed by atoms with E-state index in [-0.39, 0.29) is 18.3 Å². The Bertz CT molecular complexity index is 598. The summed E-state index contributed by atoms with van der Waals surface area (Å²) in [6, 6.07) is 5.74. The third-order valence-electron chi connectivity index (χ3n) is 3.84. The Labute approximate surface area is 142 Å². The Kier molecular flexibility index (Phi) is 5.80. The van der Waals surface area contributed by atoms with Crippen LogP contribution < -0.4 is 5.32 Å². The highest BCUT2D eigenvalue weighted by Gasteiger charge is 2.34. The van der Waals surface area contributed by atoms with Crippen molar-refractivity contribution in [2.45, 2.75) is 58.2 Å². The van der Waals surface area contributed by atoms with E-state index < -0.39 is 17.7 Å². The molecule has 1 heterocycles. The molecule has 0 spiro atoms. The summed E-state index contributed by atoms with van der Waals surface area (Å²) >= 11 is 0. The zero-order chi connectivity index (χ0) is 17.7. The van der Waals surface area contributed by atoms with Gasteiger partial charge in [-0.05, 0) is 46.1 Å². The number of halogens is 1. The summed E-state index contributed by atoms with van der Waals surface area (Å²) in [4.78, 5) is 26.3. The second kappa shape index (κ2) is 7.64. The highest BCUT2D eigenvalue weighted by molar-refractivity contribution is 5.85. The topological polar surface area (TPSA) is 58.6 Å². The number of hydrogen-bond donors (Lipinski definition) is 1. The molecule has 0 bridgehead atoms. The molecule has 1 N–H and O–H groups in total. The van der Waals surface area contributed by atoms with Crippen LogP contribution in [0.15, 0.2) is 24.3 Å². The van der Waals surface area contributed by atoms with E-state index in [1.807, 2.05) is 0 Å². The first-order chi connectivity index (χ1) is 11.3. The minimum atomic E-state index is -0.608. The Morgan fingerprint density at radius 1 is 1.29 bits per heavy atom. The number of benzene rings is 1. The highest BCUT2D eigenvalue weighted by Crippen LogP contribution is 2.21. The van der Waals surface area contributed by atoms with Crippen LogP contribution in [0.1, 0.15) is 45.6 Å². The van der Waals surface area contributed by atoms with E-state index in [1.165, 1.54) is 11.0 Å². The molecule has 24 heavy (non-hydrogen) atoms. The molecule has 0 radical (unpaired) electrons. The van der Waals surface area contributed by atoms with Gasteiger partial charge in [0.2, 0.25) is 5.91 Å². The van der Waals surface area contributed by atoms with Gasteiger partial charge in [0, 0.05) is 18.7 Å². The number of nitrogens with zero attached hydrogens (tertiary/aromatic N) is 1. The van der Waals surface area contributed by atoms with Crippen LogP contribution in [0.3, 0.4) is 0 Å². The molecule has 0 aliphatic carbocycles. The monoisotopic (exact) mass is 336 g/mol. The molecule has 1 aliphatic rings. The predicted octanol–water partition coefficient (Wildman–Crippen LogP) is 3.23. The largest absolute Gasteiger partial charge is 0.444 e. The van der Waals surface area contributed by atoms with Gasteiger partial charge in [-0.3, -0.25) is 9.69 Å². The van der Waals surface area contributed by atoms with E-state index in [0.717, 1.165) is 12.8 Å². The molecule has 0 aromatic heterocycles. The van der Waals surface area contributed by atoms with Crippen molar-refractivity contribution >= 4 is 12.0 Å². The molecular weight excluding hydrogens is 311 g/mol. The molecule has 1 aromatic carbocycles. The van der Waals surface area contributed by atoms with E-state index in [0.29, 0.717) is 18.5 Å². The number of carbonyl (C=O) groups is 2. The molecule has 132 valence electrons. The summed E-state index contributed by atoms with van der Waals surface area (Å²) in [6.07, 6.45) is 1.82. The molecule has 1 fully saturated rings. The molecule has 1 atom stereocenters. The van der Waals surface area contributed by atoms with Crippen LogP contribution in [0.25, 0.3) is 0 Å². The predicted molar refractivity (Wildman–Crippen MR) is 88.8 cm³/mol. The average molecular weight is 336 g/mol. The molecule has 1 aliphatic heterocycles. The molecule has 1 saturated heterocycles. The second-order valence-corrected chi connectivity index (χ2v) is 6.99. The first-order valence-corrected chi connectivity index (χ1v) is 8.28. The minimum Gasteiger partial charge on any atom is -0.444 e. The third kappa shape index (κ3) is 4.94. The number of ether oxygens (including phenoxy) is 1. The fourth-order valence-electron chi connectivity index (χ4n) is 2.69. The Morgan fingerprint density at radius 3 is 2.67 bits per heavy atom. The zero-order valence-corrected chi connectivity index (χ0v) is 14.5. The first kappa shape index (κ1) is 18.2. The van der Waals surface area contributed by atoms with Crippen molar-refractivity contribution in [1.82, 2.24) is 10.2 Å². The number of carbonyl (C=O) groups excluding carboxylic acids is 2. The number of rotatable bonds is 3. The van der Waals surface area contributed by atoms with Crippen molar-refractivity contribution in [1.29, 1.82) is 0 Å². The number of nitrogens with one attached hydrogen (secondary N) is 1. The van der Waals surface area contributed by atoms with E-state index in [1.54, 1.807) is 39.0 Å². The minimum absolute atomic E-state index is 0.101. The van der Waals surface area contributed by atoms with Crippen molar-refractivity contribution < 1.29 is 18.7 Å². The van der Waals surface area contributed by atoms with Gasteiger partial charge in [-0.25, -0.2) is 9.18 Å². The van der Waals surface area contributed by atoms with Gasteiger partial charge in [0.25, 0.3) is 0 Å². The van der Waals surface area contributed by atoms with Gasteiger partial charge in [-0.2, -0.15) is 0 Å². The van der Waals surface area contributed by atoms with Gasteiger partial charge in [0.05, 0.1) is 0 Å². The fraction of sp³-hybridized carbons (Fsp3) is 0.556. The van der Waals surface area contributed by atoms with E-state index in [4.69, 9.17) is 4.74 Å². The third-order valence-corrected chi connectivity index (χ3v) is 3.84. The molecule has 2 rings (SSSR count). The molecule has 1 aromatic rings. The van der Waals surface area contributed by atoms with Crippen LogP contribution >= 0.6 is 0 Å². The average Bonchev–Trinajstić information content (AvgIpc) is 2.52. The van der Waals surface area contributed by atoms with Gasteiger partial charge in [-0.1, -0.05) is 18.2 Å². The van der Waals surface area contributed by atoms with Gasteiger partial charge in [0.1, 0.15) is 17.5 Å². The van der Waals surface area contributed by atoms with E-state index in [2.05, 4.69) is 5.32 Å². The zero-order valence-electron chi connectivity index (χ0n) is 14.5. The van der Waals surface area contributed by atoms with Gasteiger partial charge < -0.3 is 10.1 Å². The maximum atomic E-state index is 13.6. The second-order valence-electron chi connectivity index (χ2n) is 6.99.